The molecule has 68 heavy (non-hydrogen) atoms. The van der Waals surface area contributed by atoms with Crippen LogP contribution in [0.3, 0.4) is 0 Å². The Morgan fingerprint density at radius 1 is 0.176 bits per heavy atom. The maximum absolute atomic E-state index is 2.51. The summed E-state index contributed by atoms with van der Waals surface area (Å²) < 4.78 is 0. The first-order chi connectivity index (χ1) is 33.7. The zero-order chi connectivity index (χ0) is 44.8. The number of fused-ring (bicyclic) bond motifs is 14. The van der Waals surface area contributed by atoms with E-state index in [0.717, 1.165) is 0 Å². The van der Waals surface area contributed by atoms with Gasteiger partial charge < -0.3 is 0 Å². The van der Waals surface area contributed by atoms with Gasteiger partial charge in [-0.1, -0.05) is 243 Å². The van der Waals surface area contributed by atoms with Crippen LogP contribution < -0.4 is 0 Å². The summed E-state index contributed by atoms with van der Waals surface area (Å²) in [5, 5.41) is 0. The molecular weight excluding hydrogens is 817 g/mol. The maximum Gasteiger partial charge on any atom is 0.0725 e. The van der Waals surface area contributed by atoms with Gasteiger partial charge in [-0.15, -0.1) is 0 Å². The van der Waals surface area contributed by atoms with E-state index in [1.165, 1.54) is 122 Å². The molecule has 0 amide bonds. The third kappa shape index (κ3) is 5.37. The van der Waals surface area contributed by atoms with E-state index in [1.807, 2.05) is 0 Å². The smallest absolute Gasteiger partial charge is 0.0622 e. The largest absolute Gasteiger partial charge is 0.0725 e. The van der Waals surface area contributed by atoms with Crippen molar-refractivity contribution in [2.45, 2.75) is 10.8 Å². The van der Waals surface area contributed by atoms with Gasteiger partial charge in [-0.25, -0.2) is 0 Å². The van der Waals surface area contributed by atoms with Gasteiger partial charge in [-0.3, -0.25) is 0 Å². The lowest BCUT2D eigenvalue weighted by molar-refractivity contribution is 0.764. The number of hydrogen-bond donors (Lipinski definition) is 0. The van der Waals surface area contributed by atoms with Crippen LogP contribution in [-0.4, -0.2) is 0 Å². The SMILES string of the molecule is c1ccc(-c2cccc(-c3cccc(C4(c5cccc(-c6cccc(-c7ccccc7)c6)c5)c5ccccc5-c5c4ccc4c5-c5ccccc5C45c4ccccc4-c4ccccc45)c3)c2)cc1. The van der Waals surface area contributed by atoms with E-state index in [-0.39, 0.29) is 0 Å². The van der Waals surface area contributed by atoms with E-state index in [9.17, 15) is 0 Å². The quantitative estimate of drug-likeness (QED) is 0.156. The van der Waals surface area contributed by atoms with Gasteiger partial charge >= 0.3 is 0 Å². The van der Waals surface area contributed by atoms with Gasteiger partial charge in [0.25, 0.3) is 0 Å². The monoisotopic (exact) mass is 860 g/mol. The van der Waals surface area contributed by atoms with Crippen molar-refractivity contribution < 1.29 is 0 Å². The minimum absolute atomic E-state index is 0.443. The average molecular weight is 861 g/mol. The summed E-state index contributed by atoms with van der Waals surface area (Å²) in [5.74, 6) is 0. The fraction of sp³-hybridized carbons (Fsp3) is 0.0294. The molecule has 0 aliphatic heterocycles. The van der Waals surface area contributed by atoms with Crippen molar-refractivity contribution >= 4 is 0 Å². The minimum Gasteiger partial charge on any atom is -0.0622 e. The third-order valence-electron chi connectivity index (χ3n) is 15.4. The van der Waals surface area contributed by atoms with Crippen molar-refractivity contribution in [3.63, 3.8) is 0 Å². The van der Waals surface area contributed by atoms with Crippen molar-refractivity contribution in [3.05, 3.63) is 311 Å². The standard InChI is InChI=1S/C68H44/c1-3-19-45(20-4-1)47-23-15-25-49(41-47)51-27-17-29-53(43-51)67(54-30-18-28-52(44-54)50-26-16-24-48(42-50)46-21-5-2-6-22-46)61-37-13-9-33-57(61)65-63(67)39-40-64-66(65)58-34-10-14-38-62(58)68(64)59-35-11-7-31-55(59)56-32-8-12-36-60(56)68/h1-44H. The van der Waals surface area contributed by atoms with E-state index in [2.05, 4.69) is 267 Å². The zero-order valence-electron chi connectivity index (χ0n) is 37.4. The molecule has 11 aromatic carbocycles. The molecule has 0 heteroatoms. The van der Waals surface area contributed by atoms with Crippen molar-refractivity contribution in [2.75, 3.05) is 0 Å². The van der Waals surface area contributed by atoms with E-state index in [1.54, 1.807) is 0 Å². The predicted octanol–water partition coefficient (Wildman–Crippen LogP) is 17.1. The predicted molar refractivity (Wildman–Crippen MR) is 282 cm³/mol. The molecule has 316 valence electrons. The van der Waals surface area contributed by atoms with Crippen LogP contribution in [0.2, 0.25) is 0 Å². The van der Waals surface area contributed by atoms with Crippen LogP contribution in [0.1, 0.15) is 44.5 Å². The zero-order valence-corrected chi connectivity index (χ0v) is 37.4. The highest BCUT2D eigenvalue weighted by Crippen LogP contribution is 2.67. The van der Waals surface area contributed by atoms with Gasteiger partial charge in [0.15, 0.2) is 0 Å². The summed E-state index contributed by atoms with van der Waals surface area (Å²) in [4.78, 5) is 0. The lowest BCUT2D eigenvalue weighted by atomic mass is 9.66. The Morgan fingerprint density at radius 3 is 0.912 bits per heavy atom. The van der Waals surface area contributed by atoms with E-state index < -0.39 is 10.8 Å². The third-order valence-corrected chi connectivity index (χ3v) is 15.4. The molecule has 3 aliphatic carbocycles. The lowest BCUT2D eigenvalue weighted by Gasteiger charge is -2.35. The summed E-state index contributed by atoms with van der Waals surface area (Å²) in [6, 6.07) is 100. The Morgan fingerprint density at radius 2 is 0.471 bits per heavy atom. The highest BCUT2D eigenvalue weighted by molar-refractivity contribution is 6.04. The van der Waals surface area contributed by atoms with Gasteiger partial charge in [0, 0.05) is 0 Å². The molecule has 0 heterocycles. The normalized spacial score (nSPS) is 13.8. The molecule has 11 aromatic rings. The molecule has 0 fully saturated rings. The molecular formula is C68H44. The average Bonchev–Trinajstić information content (AvgIpc) is 4.02. The Bertz CT molecular complexity index is 3620. The van der Waals surface area contributed by atoms with E-state index >= 15 is 0 Å². The molecule has 0 radical (unpaired) electrons. The Hall–Kier alpha value is -8.58. The first-order valence-electron chi connectivity index (χ1n) is 23.8. The summed E-state index contributed by atoms with van der Waals surface area (Å²) in [6.45, 7) is 0. The topological polar surface area (TPSA) is 0 Å². The molecule has 0 saturated heterocycles. The van der Waals surface area contributed by atoms with Crippen LogP contribution in [0.5, 0.6) is 0 Å². The second-order valence-electron chi connectivity index (χ2n) is 18.6. The van der Waals surface area contributed by atoms with Crippen LogP contribution >= 0.6 is 0 Å². The molecule has 0 unspecified atom stereocenters. The van der Waals surface area contributed by atoms with Gasteiger partial charge in [-0.2, -0.15) is 0 Å². The van der Waals surface area contributed by atoms with Crippen molar-refractivity contribution in [2.24, 2.45) is 0 Å². The minimum atomic E-state index is -0.656. The van der Waals surface area contributed by atoms with Crippen LogP contribution in [-0.2, 0) is 10.8 Å². The van der Waals surface area contributed by atoms with Crippen molar-refractivity contribution in [1.29, 1.82) is 0 Å². The van der Waals surface area contributed by atoms with Crippen LogP contribution in [0, 0.1) is 0 Å². The van der Waals surface area contributed by atoms with E-state index in [0.29, 0.717) is 0 Å². The van der Waals surface area contributed by atoms with Gasteiger partial charge in [0.2, 0.25) is 0 Å². The maximum atomic E-state index is 2.51. The number of benzene rings is 11. The highest BCUT2D eigenvalue weighted by atomic mass is 14.6. The molecule has 1 spiro atoms. The molecule has 3 aliphatic rings. The highest BCUT2D eigenvalue weighted by Gasteiger charge is 2.55. The lowest BCUT2D eigenvalue weighted by Crippen LogP contribution is -2.29. The Kier molecular flexibility index (Phi) is 8.51. The second-order valence-corrected chi connectivity index (χ2v) is 18.6. The summed E-state index contributed by atoms with van der Waals surface area (Å²) in [5.41, 5.74) is 27.0. The van der Waals surface area contributed by atoms with Gasteiger partial charge in [0.1, 0.15) is 0 Å². The first kappa shape index (κ1) is 38.7. The van der Waals surface area contributed by atoms with Crippen LogP contribution in [0.4, 0.5) is 0 Å². The molecule has 0 N–H and O–H groups in total. The van der Waals surface area contributed by atoms with E-state index in [4.69, 9.17) is 0 Å². The molecule has 14 rings (SSSR count). The van der Waals surface area contributed by atoms with Crippen molar-refractivity contribution in [1.82, 2.24) is 0 Å². The molecule has 0 atom stereocenters. The fourth-order valence-electron chi connectivity index (χ4n) is 12.6. The molecule has 0 saturated carbocycles. The summed E-state index contributed by atoms with van der Waals surface area (Å²) >= 11 is 0. The van der Waals surface area contributed by atoms with Gasteiger partial charge in [-0.05, 0) is 147 Å². The fourth-order valence-corrected chi connectivity index (χ4v) is 12.6. The molecule has 0 nitrogen and oxygen atoms in total. The number of rotatable bonds is 6. The molecule has 0 aromatic heterocycles. The number of hydrogen-bond acceptors (Lipinski definition) is 0. The van der Waals surface area contributed by atoms with Crippen LogP contribution in [0.25, 0.3) is 77.9 Å². The molecule has 0 bridgehead atoms. The van der Waals surface area contributed by atoms with Gasteiger partial charge in [0.05, 0.1) is 10.8 Å². The summed E-state index contributed by atoms with van der Waals surface area (Å²) in [6.07, 6.45) is 0. The first-order valence-corrected chi connectivity index (χ1v) is 23.8. The van der Waals surface area contributed by atoms with Crippen LogP contribution in [0.15, 0.2) is 267 Å². The second kappa shape index (κ2) is 15.0. The Balaban J connectivity index is 1.06. The summed E-state index contributed by atoms with van der Waals surface area (Å²) in [7, 11) is 0. The van der Waals surface area contributed by atoms with Crippen molar-refractivity contribution in [3.8, 4) is 77.9 Å². The Labute approximate surface area is 398 Å².